The number of aromatic nitrogens is 1. The molecule has 0 aliphatic carbocycles. The van der Waals surface area contributed by atoms with Crippen LogP contribution in [0.15, 0.2) is 47.5 Å². The van der Waals surface area contributed by atoms with E-state index in [4.69, 9.17) is 11.6 Å². The summed E-state index contributed by atoms with van der Waals surface area (Å²) in [5.74, 6) is -0.440. The molecule has 0 radical (unpaired) electrons. The maximum Gasteiger partial charge on any atom is 0.433 e. The number of hydrogen-bond donors (Lipinski definition) is 1. The monoisotopic (exact) mass is 461 g/mol. The van der Waals surface area contributed by atoms with Crippen molar-refractivity contribution in [3.05, 3.63) is 58.9 Å². The van der Waals surface area contributed by atoms with Gasteiger partial charge in [-0.2, -0.15) is 17.5 Å². The normalized spacial score (nSPS) is 18.2. The summed E-state index contributed by atoms with van der Waals surface area (Å²) in [4.78, 5) is 15.9. The Labute approximate surface area is 177 Å². The summed E-state index contributed by atoms with van der Waals surface area (Å²) >= 11 is 5.84. The van der Waals surface area contributed by atoms with E-state index in [0.717, 1.165) is 22.6 Å². The second-order valence-electron chi connectivity index (χ2n) is 6.86. The lowest BCUT2D eigenvalue weighted by Crippen LogP contribution is -2.48. The van der Waals surface area contributed by atoms with E-state index in [-0.39, 0.29) is 17.0 Å². The van der Waals surface area contributed by atoms with Gasteiger partial charge in [-0.05, 0) is 55.2 Å². The third-order valence-corrected chi connectivity index (χ3v) is 6.85. The summed E-state index contributed by atoms with van der Waals surface area (Å²) in [6.45, 7) is 0.139. The van der Waals surface area contributed by atoms with Gasteiger partial charge in [-0.3, -0.25) is 9.78 Å². The number of benzene rings is 1. The molecule has 1 fully saturated rings. The Kier molecular flexibility index (Phi) is 6.68. The molecule has 1 aliphatic heterocycles. The minimum atomic E-state index is -4.60. The molecule has 1 saturated heterocycles. The number of pyridine rings is 1. The van der Waals surface area contributed by atoms with E-state index in [1.54, 1.807) is 0 Å². The van der Waals surface area contributed by atoms with Crippen molar-refractivity contribution in [2.45, 2.75) is 42.9 Å². The van der Waals surface area contributed by atoms with Gasteiger partial charge in [0.1, 0.15) is 11.7 Å². The van der Waals surface area contributed by atoms with Crippen LogP contribution in [0.25, 0.3) is 0 Å². The molecule has 162 valence electrons. The van der Waals surface area contributed by atoms with Crippen LogP contribution in [0.2, 0.25) is 5.02 Å². The van der Waals surface area contributed by atoms with Gasteiger partial charge >= 0.3 is 6.18 Å². The number of hydrogen-bond acceptors (Lipinski definition) is 4. The van der Waals surface area contributed by atoms with Gasteiger partial charge < -0.3 is 5.32 Å². The zero-order chi connectivity index (χ0) is 21.9. The predicted molar refractivity (Wildman–Crippen MR) is 104 cm³/mol. The van der Waals surface area contributed by atoms with Crippen molar-refractivity contribution in [3.8, 4) is 0 Å². The highest BCUT2D eigenvalue weighted by molar-refractivity contribution is 7.89. The summed E-state index contributed by atoms with van der Waals surface area (Å²) in [7, 11) is -4.14. The molecule has 1 amide bonds. The zero-order valence-electron chi connectivity index (χ0n) is 15.7. The molecule has 1 atom stereocenters. The smallest absolute Gasteiger partial charge is 0.355 e. The summed E-state index contributed by atoms with van der Waals surface area (Å²) in [5, 5.41) is 3.04. The average Bonchev–Trinajstić information content (AvgIpc) is 2.90. The zero-order valence-corrected chi connectivity index (χ0v) is 17.3. The van der Waals surface area contributed by atoms with E-state index in [1.165, 1.54) is 24.3 Å². The first kappa shape index (κ1) is 22.5. The molecular weight excluding hydrogens is 443 g/mol. The molecule has 1 aromatic carbocycles. The second kappa shape index (κ2) is 8.91. The number of nitrogens with one attached hydrogen (secondary N) is 1. The molecule has 30 heavy (non-hydrogen) atoms. The minimum absolute atomic E-state index is 0.0659. The summed E-state index contributed by atoms with van der Waals surface area (Å²) in [6.07, 6.45) is -2.00. The summed E-state index contributed by atoms with van der Waals surface area (Å²) < 4.78 is 66.0. The highest BCUT2D eigenvalue weighted by Gasteiger charge is 2.37. The Morgan fingerprint density at radius 2 is 1.83 bits per heavy atom. The number of sulfonamides is 1. The van der Waals surface area contributed by atoms with Crippen LogP contribution in [0.3, 0.4) is 0 Å². The van der Waals surface area contributed by atoms with Crippen LogP contribution < -0.4 is 5.32 Å². The lowest BCUT2D eigenvalue weighted by molar-refractivity contribution is -0.141. The average molecular weight is 462 g/mol. The molecule has 2 heterocycles. The first-order chi connectivity index (χ1) is 14.1. The Morgan fingerprint density at radius 3 is 2.43 bits per heavy atom. The maximum absolute atomic E-state index is 13.3. The molecule has 0 bridgehead atoms. The molecule has 2 aromatic rings. The largest absolute Gasteiger partial charge is 0.433 e. The van der Waals surface area contributed by atoms with Crippen LogP contribution >= 0.6 is 11.6 Å². The lowest BCUT2D eigenvalue weighted by Gasteiger charge is -2.29. The van der Waals surface area contributed by atoms with Crippen molar-refractivity contribution in [2.75, 3.05) is 6.54 Å². The van der Waals surface area contributed by atoms with E-state index in [9.17, 15) is 26.4 Å². The Hall–Kier alpha value is -2.17. The molecule has 0 spiro atoms. The van der Waals surface area contributed by atoms with Gasteiger partial charge in [0.25, 0.3) is 0 Å². The molecule has 11 heteroatoms. The van der Waals surface area contributed by atoms with Crippen molar-refractivity contribution < 1.29 is 26.4 Å². The van der Waals surface area contributed by atoms with E-state index < -0.39 is 33.8 Å². The van der Waals surface area contributed by atoms with Crippen LogP contribution in [0, 0.1) is 0 Å². The molecule has 3 rings (SSSR count). The van der Waals surface area contributed by atoms with Gasteiger partial charge in [-0.25, -0.2) is 8.42 Å². The fraction of sp³-hybridized carbons (Fsp3) is 0.368. The van der Waals surface area contributed by atoms with Crippen LogP contribution in [0.4, 0.5) is 13.2 Å². The third-order valence-electron chi connectivity index (χ3n) is 4.73. The number of nitrogens with zero attached hydrogens (tertiary/aromatic N) is 2. The Bertz CT molecular complexity index is 996. The van der Waals surface area contributed by atoms with Crippen LogP contribution in [0.1, 0.15) is 30.5 Å². The van der Waals surface area contributed by atoms with Gasteiger partial charge in [-0.15, -0.1) is 0 Å². The molecule has 6 nitrogen and oxygen atoms in total. The van der Waals surface area contributed by atoms with Gasteiger partial charge in [0.05, 0.1) is 4.90 Å². The standard InChI is InChI=1S/C19H19ClF3N3O3S/c20-14-5-7-15(8-6-14)30(28,29)26(16-3-1-2-10-24-18(16)27)12-13-4-9-17(25-11-13)19(21,22)23/h4-9,11,16H,1-3,10,12H2,(H,24,27). The van der Waals surface area contributed by atoms with E-state index in [2.05, 4.69) is 10.3 Å². The van der Waals surface area contributed by atoms with Crippen molar-refractivity contribution in [3.63, 3.8) is 0 Å². The predicted octanol–water partition coefficient (Wildman–Crippen LogP) is 3.61. The molecule has 0 saturated carbocycles. The highest BCUT2D eigenvalue weighted by Crippen LogP contribution is 2.29. The van der Waals surface area contributed by atoms with Gasteiger partial charge in [0, 0.05) is 24.3 Å². The summed E-state index contributed by atoms with van der Waals surface area (Å²) in [6, 6.07) is 6.44. The Morgan fingerprint density at radius 1 is 1.13 bits per heavy atom. The minimum Gasteiger partial charge on any atom is -0.355 e. The SMILES string of the molecule is O=C1NCCCCC1N(Cc1ccc(C(F)(F)F)nc1)S(=O)(=O)c1ccc(Cl)cc1. The van der Waals surface area contributed by atoms with E-state index in [0.29, 0.717) is 30.8 Å². The second-order valence-corrected chi connectivity index (χ2v) is 9.18. The van der Waals surface area contributed by atoms with E-state index in [1.807, 2.05) is 0 Å². The van der Waals surface area contributed by atoms with Crippen molar-refractivity contribution in [1.82, 2.24) is 14.6 Å². The Balaban J connectivity index is 1.99. The number of alkyl halides is 3. The highest BCUT2D eigenvalue weighted by atomic mass is 35.5. The van der Waals surface area contributed by atoms with Gasteiger partial charge in [-0.1, -0.05) is 17.7 Å². The topological polar surface area (TPSA) is 79.4 Å². The fourth-order valence-corrected chi connectivity index (χ4v) is 4.90. The van der Waals surface area contributed by atoms with Crippen LogP contribution in [0.5, 0.6) is 0 Å². The number of halogens is 4. The van der Waals surface area contributed by atoms with Crippen molar-refractivity contribution in [2.24, 2.45) is 0 Å². The number of amides is 1. The molecule has 1 N–H and O–H groups in total. The number of carbonyl (C=O) groups is 1. The first-order valence-electron chi connectivity index (χ1n) is 9.16. The molecule has 1 aromatic heterocycles. The van der Waals surface area contributed by atoms with Crippen molar-refractivity contribution >= 4 is 27.5 Å². The number of rotatable bonds is 5. The number of carbonyl (C=O) groups excluding carboxylic acids is 1. The van der Waals surface area contributed by atoms with E-state index >= 15 is 0 Å². The van der Waals surface area contributed by atoms with Crippen molar-refractivity contribution in [1.29, 1.82) is 0 Å². The molecule has 1 unspecified atom stereocenters. The summed E-state index contributed by atoms with van der Waals surface area (Å²) in [5.41, 5.74) is -0.844. The van der Waals surface area contributed by atoms with Gasteiger partial charge in [0.2, 0.25) is 15.9 Å². The lowest BCUT2D eigenvalue weighted by atomic mass is 10.1. The molecular formula is C19H19ClF3N3O3S. The maximum atomic E-state index is 13.3. The molecule has 1 aliphatic rings. The van der Waals surface area contributed by atoms with Crippen LogP contribution in [-0.2, 0) is 27.5 Å². The third kappa shape index (κ3) is 5.11. The quantitative estimate of drug-likeness (QED) is 0.737. The first-order valence-corrected chi connectivity index (χ1v) is 11.0. The fourth-order valence-electron chi connectivity index (χ4n) is 3.17. The van der Waals surface area contributed by atoms with Crippen LogP contribution in [-0.4, -0.2) is 36.2 Å². The van der Waals surface area contributed by atoms with Gasteiger partial charge in [0.15, 0.2) is 0 Å².